The fourth-order valence-electron chi connectivity index (χ4n) is 1.17. The Morgan fingerprint density at radius 3 is 2.44 bits per heavy atom. The summed E-state index contributed by atoms with van der Waals surface area (Å²) in [4.78, 5) is 11.8. The number of nitrogens with one attached hydrogen (secondary N) is 1. The Hall–Kier alpha value is -0.970. The minimum Gasteiger partial charge on any atom is -0.352 e. The van der Waals surface area contributed by atoms with Crippen molar-refractivity contribution in [2.75, 3.05) is 6.54 Å². The minimum atomic E-state index is -0.751. The normalized spacial score (nSPS) is 12.2. The number of rotatable bonds is 4. The summed E-state index contributed by atoms with van der Waals surface area (Å²) in [5.41, 5.74) is -0.000254. The van der Waals surface area contributed by atoms with Gasteiger partial charge in [-0.3, -0.25) is 4.79 Å². The Morgan fingerprint density at radius 2 is 1.94 bits per heavy atom. The molecule has 0 fully saturated rings. The fourth-order valence-corrected chi connectivity index (χ4v) is 1.40. The van der Waals surface area contributed by atoms with E-state index >= 15 is 0 Å². The number of hydrogen-bond acceptors (Lipinski definition) is 1. The average molecular weight is 292 g/mol. The molecule has 0 radical (unpaired) electrons. The van der Waals surface area contributed by atoms with Crippen molar-refractivity contribution in [3.05, 3.63) is 35.4 Å². The van der Waals surface area contributed by atoms with Crippen LogP contribution in [0, 0.1) is 11.6 Å². The van der Waals surface area contributed by atoms with Crippen LogP contribution in [0.25, 0.3) is 0 Å². The summed E-state index contributed by atoms with van der Waals surface area (Å²) in [5, 5.41) is 2.58. The second kappa shape index (κ2) is 5.94. The first-order valence-corrected chi connectivity index (χ1v) is 5.79. The van der Waals surface area contributed by atoms with Crippen LogP contribution in [0.15, 0.2) is 18.2 Å². The molecule has 1 rings (SSSR count). The lowest BCUT2D eigenvalue weighted by Gasteiger charge is -2.06. The third kappa shape index (κ3) is 4.26. The van der Waals surface area contributed by atoms with Gasteiger partial charge in [-0.15, -0.1) is 0 Å². The van der Waals surface area contributed by atoms with Crippen molar-refractivity contribution in [1.82, 2.24) is 5.32 Å². The molecule has 1 atom stereocenters. The highest BCUT2D eigenvalue weighted by Gasteiger charge is 2.08. The zero-order valence-corrected chi connectivity index (χ0v) is 10.4. The van der Waals surface area contributed by atoms with Crippen LogP contribution in [-0.2, 0) is 0 Å². The van der Waals surface area contributed by atoms with E-state index in [1.807, 2.05) is 6.92 Å². The second-order valence-electron chi connectivity index (χ2n) is 3.48. The molecule has 0 aliphatic rings. The first-order chi connectivity index (χ1) is 7.49. The van der Waals surface area contributed by atoms with Crippen molar-refractivity contribution in [2.45, 2.75) is 18.2 Å². The van der Waals surface area contributed by atoms with Crippen LogP contribution in [0.5, 0.6) is 0 Å². The van der Waals surface area contributed by atoms with E-state index in [0.717, 1.165) is 24.6 Å². The number of benzene rings is 1. The van der Waals surface area contributed by atoms with Gasteiger partial charge in [-0.05, 0) is 18.6 Å². The molecule has 0 aliphatic carbocycles. The van der Waals surface area contributed by atoms with Crippen molar-refractivity contribution in [3.63, 3.8) is 0 Å². The van der Waals surface area contributed by atoms with Gasteiger partial charge in [0.15, 0.2) is 0 Å². The summed E-state index contributed by atoms with van der Waals surface area (Å²) in [6.07, 6.45) is 0.754. The van der Waals surface area contributed by atoms with Gasteiger partial charge in [-0.2, -0.15) is 0 Å². The summed E-state index contributed by atoms with van der Waals surface area (Å²) in [6, 6.07) is 2.75. The molecule has 5 heteroatoms. The van der Waals surface area contributed by atoms with E-state index in [1.54, 1.807) is 0 Å². The number of halogens is 3. The zero-order valence-electron chi connectivity index (χ0n) is 8.77. The van der Waals surface area contributed by atoms with E-state index in [1.165, 1.54) is 0 Å². The molecule has 0 spiro atoms. The number of amides is 1. The summed E-state index contributed by atoms with van der Waals surface area (Å²) in [6.45, 7) is 2.41. The Balaban J connectivity index is 2.59. The fraction of sp³-hybridized carbons (Fsp3) is 0.364. The van der Waals surface area contributed by atoms with Gasteiger partial charge in [-0.25, -0.2) is 8.78 Å². The largest absolute Gasteiger partial charge is 0.352 e. The predicted octanol–water partition coefficient (Wildman–Crippen LogP) is 2.87. The van der Waals surface area contributed by atoms with Gasteiger partial charge in [-0.1, -0.05) is 22.9 Å². The first-order valence-electron chi connectivity index (χ1n) is 4.87. The molecule has 1 unspecified atom stereocenters. The average Bonchev–Trinajstić information content (AvgIpc) is 2.15. The molecule has 1 aromatic rings. The molecule has 16 heavy (non-hydrogen) atoms. The van der Waals surface area contributed by atoms with Crippen LogP contribution >= 0.6 is 15.9 Å². The summed E-state index contributed by atoms with van der Waals surface area (Å²) in [7, 11) is 0. The highest BCUT2D eigenvalue weighted by molar-refractivity contribution is 9.09. The van der Waals surface area contributed by atoms with Crippen molar-refractivity contribution in [1.29, 1.82) is 0 Å². The van der Waals surface area contributed by atoms with Gasteiger partial charge in [0.05, 0.1) is 0 Å². The number of carbonyl (C=O) groups excluding carboxylic acids is 1. The zero-order chi connectivity index (χ0) is 12.1. The monoisotopic (exact) mass is 291 g/mol. The molecular weight excluding hydrogens is 280 g/mol. The van der Waals surface area contributed by atoms with E-state index in [0.29, 0.717) is 6.54 Å². The smallest absolute Gasteiger partial charge is 0.251 e. The van der Waals surface area contributed by atoms with Gasteiger partial charge >= 0.3 is 0 Å². The lowest BCUT2D eigenvalue weighted by atomic mass is 10.2. The van der Waals surface area contributed by atoms with E-state index in [9.17, 15) is 13.6 Å². The lowest BCUT2D eigenvalue weighted by Crippen LogP contribution is -2.25. The van der Waals surface area contributed by atoms with Gasteiger partial charge in [0.2, 0.25) is 0 Å². The SMILES string of the molecule is CC(Br)CCNC(=O)c1cc(F)cc(F)c1. The molecule has 0 bridgehead atoms. The van der Waals surface area contributed by atoms with E-state index < -0.39 is 17.5 Å². The molecular formula is C11H12BrF2NO. The number of hydrogen-bond donors (Lipinski definition) is 1. The highest BCUT2D eigenvalue weighted by atomic mass is 79.9. The number of alkyl halides is 1. The van der Waals surface area contributed by atoms with Gasteiger partial charge in [0, 0.05) is 23.0 Å². The standard InChI is InChI=1S/C11H12BrF2NO/c1-7(12)2-3-15-11(16)8-4-9(13)6-10(14)5-8/h4-7H,2-3H2,1H3,(H,15,16). The van der Waals surface area contributed by atoms with Crippen LogP contribution < -0.4 is 5.32 Å². The van der Waals surface area contributed by atoms with Crippen LogP contribution in [0.4, 0.5) is 8.78 Å². The summed E-state index contributed by atoms with van der Waals surface area (Å²) < 4.78 is 25.6. The molecule has 0 aliphatic heterocycles. The molecule has 0 saturated heterocycles. The van der Waals surface area contributed by atoms with Crippen LogP contribution in [-0.4, -0.2) is 17.3 Å². The Bertz CT molecular complexity index is 362. The topological polar surface area (TPSA) is 29.1 Å². The molecule has 2 nitrogen and oxygen atoms in total. The molecule has 88 valence electrons. The molecule has 1 N–H and O–H groups in total. The summed E-state index contributed by atoms with van der Waals surface area (Å²) in [5.74, 6) is -1.97. The van der Waals surface area contributed by atoms with Crippen molar-refractivity contribution < 1.29 is 13.6 Å². The van der Waals surface area contributed by atoms with Crippen molar-refractivity contribution in [2.24, 2.45) is 0 Å². The molecule has 0 saturated carbocycles. The van der Waals surface area contributed by atoms with E-state index in [2.05, 4.69) is 21.2 Å². The van der Waals surface area contributed by atoms with Crippen LogP contribution in [0.3, 0.4) is 0 Å². The van der Waals surface area contributed by atoms with Crippen LogP contribution in [0.1, 0.15) is 23.7 Å². The molecule has 0 heterocycles. The van der Waals surface area contributed by atoms with Crippen molar-refractivity contribution in [3.8, 4) is 0 Å². The maximum atomic E-state index is 12.8. The van der Waals surface area contributed by atoms with Gasteiger partial charge in [0.1, 0.15) is 11.6 Å². The van der Waals surface area contributed by atoms with Gasteiger partial charge in [0.25, 0.3) is 5.91 Å². The predicted molar refractivity (Wildman–Crippen MR) is 61.7 cm³/mol. The molecule has 1 aromatic carbocycles. The molecule has 0 aromatic heterocycles. The third-order valence-electron chi connectivity index (χ3n) is 1.95. The Morgan fingerprint density at radius 1 is 1.38 bits per heavy atom. The first kappa shape index (κ1) is 13.1. The van der Waals surface area contributed by atoms with E-state index in [-0.39, 0.29) is 10.4 Å². The van der Waals surface area contributed by atoms with Gasteiger partial charge < -0.3 is 5.32 Å². The Kier molecular flexibility index (Phi) is 4.86. The Labute approximate surface area is 101 Å². The van der Waals surface area contributed by atoms with E-state index in [4.69, 9.17) is 0 Å². The van der Waals surface area contributed by atoms with Crippen LogP contribution in [0.2, 0.25) is 0 Å². The number of carbonyl (C=O) groups is 1. The van der Waals surface area contributed by atoms with Crippen molar-refractivity contribution >= 4 is 21.8 Å². The molecule has 1 amide bonds. The maximum Gasteiger partial charge on any atom is 0.251 e. The quantitative estimate of drug-likeness (QED) is 0.849. The second-order valence-corrected chi connectivity index (χ2v) is 5.05. The summed E-state index contributed by atoms with van der Waals surface area (Å²) >= 11 is 3.33. The third-order valence-corrected chi connectivity index (χ3v) is 2.41. The maximum absolute atomic E-state index is 12.8. The highest BCUT2D eigenvalue weighted by Crippen LogP contribution is 2.08. The minimum absolute atomic E-state index is 0.000254. The lowest BCUT2D eigenvalue weighted by molar-refractivity contribution is 0.0952.